The molecule has 0 spiro atoms. The van der Waals surface area contributed by atoms with E-state index in [-0.39, 0.29) is 50.4 Å². The minimum atomic E-state index is -3.61. The summed E-state index contributed by atoms with van der Waals surface area (Å²) in [4.78, 5) is 17.8. The van der Waals surface area contributed by atoms with Crippen LogP contribution in [0.5, 0.6) is 5.75 Å². The summed E-state index contributed by atoms with van der Waals surface area (Å²) in [5.41, 5.74) is 4.92. The highest BCUT2D eigenvalue weighted by Gasteiger charge is 2.31. The fourth-order valence-corrected chi connectivity index (χ4v) is 8.83. The number of carbonyl (C=O) groups is 1. The van der Waals surface area contributed by atoms with Gasteiger partial charge in [-0.1, -0.05) is 124 Å². The number of unbranched alkanes of at least 4 members (excludes halogenated alkanes) is 9. The lowest BCUT2D eigenvalue weighted by molar-refractivity contribution is -0.116. The average molecular weight is 756 g/mol. The van der Waals surface area contributed by atoms with Crippen LogP contribution in [0.4, 0.5) is 11.4 Å². The molecule has 1 saturated heterocycles. The molecular weight excluding hydrogens is 712 g/mol. The highest BCUT2D eigenvalue weighted by atomic mass is 35.5. The second-order valence-electron chi connectivity index (χ2n) is 12.2. The summed E-state index contributed by atoms with van der Waals surface area (Å²) in [6.07, 6.45) is 11.6. The van der Waals surface area contributed by atoms with Crippen molar-refractivity contribution < 1.29 is 18.3 Å². The van der Waals surface area contributed by atoms with Crippen molar-refractivity contribution in [3.05, 3.63) is 79.7 Å². The van der Waals surface area contributed by atoms with E-state index >= 15 is 0 Å². The molecule has 0 aliphatic carbocycles. The zero-order chi connectivity index (χ0) is 34.8. The SMILES string of the molecule is CCCCCCCCCCCCS(=O)(=O)c1ccc(O)cc1C(CC)c1ccc(Cl)c(N=C2CC(=O)N(c3c(Cl)cc(Cl)cc3Cl)N2)c1. The zero-order valence-corrected chi connectivity index (χ0v) is 31.2. The van der Waals surface area contributed by atoms with Gasteiger partial charge in [0.15, 0.2) is 9.84 Å². The lowest BCUT2D eigenvalue weighted by Crippen LogP contribution is -2.36. The van der Waals surface area contributed by atoms with Gasteiger partial charge in [0, 0.05) is 10.9 Å². The number of benzene rings is 3. The molecule has 48 heavy (non-hydrogen) atoms. The maximum Gasteiger partial charge on any atom is 0.253 e. The Kier molecular flexibility index (Phi) is 14.3. The molecule has 1 atom stereocenters. The van der Waals surface area contributed by atoms with E-state index in [1.807, 2.05) is 13.0 Å². The molecular formula is C36H43Cl4N3O4S. The molecule has 1 aliphatic rings. The van der Waals surface area contributed by atoms with E-state index in [9.17, 15) is 18.3 Å². The smallest absolute Gasteiger partial charge is 0.253 e. The molecule has 1 heterocycles. The number of aliphatic imine (C=N–C) groups is 1. The number of hydrazine groups is 1. The highest BCUT2D eigenvalue weighted by molar-refractivity contribution is 7.91. The summed E-state index contributed by atoms with van der Waals surface area (Å²) in [6.45, 7) is 4.18. The van der Waals surface area contributed by atoms with Crippen LogP contribution in [0.2, 0.25) is 20.1 Å². The molecule has 0 saturated carbocycles. The lowest BCUT2D eigenvalue weighted by Gasteiger charge is -2.21. The second kappa shape index (κ2) is 18.0. The quantitative estimate of drug-likeness (QED) is 0.134. The number of amides is 1. The van der Waals surface area contributed by atoms with Crippen molar-refractivity contribution in [2.45, 2.75) is 102 Å². The molecule has 1 aliphatic heterocycles. The van der Waals surface area contributed by atoms with E-state index in [0.29, 0.717) is 40.0 Å². The number of hydrogen-bond donors (Lipinski definition) is 2. The third-order valence-electron chi connectivity index (χ3n) is 8.52. The van der Waals surface area contributed by atoms with Crippen molar-refractivity contribution in [3.63, 3.8) is 0 Å². The molecule has 4 rings (SSSR count). The van der Waals surface area contributed by atoms with Crippen molar-refractivity contribution in [3.8, 4) is 5.75 Å². The van der Waals surface area contributed by atoms with Gasteiger partial charge in [-0.2, -0.15) is 0 Å². The normalized spacial score (nSPS) is 14.9. The molecule has 3 aromatic rings. The van der Waals surface area contributed by atoms with Crippen molar-refractivity contribution in [2.24, 2.45) is 4.99 Å². The Morgan fingerprint density at radius 2 is 1.46 bits per heavy atom. The van der Waals surface area contributed by atoms with Crippen LogP contribution < -0.4 is 10.4 Å². The fraction of sp³-hybridized carbons (Fsp3) is 0.444. The topological polar surface area (TPSA) is 99.1 Å². The Balaban J connectivity index is 1.51. The Morgan fingerprint density at radius 3 is 2.08 bits per heavy atom. The van der Waals surface area contributed by atoms with Crippen LogP contribution in [-0.2, 0) is 14.6 Å². The first kappa shape index (κ1) is 38.3. The summed E-state index contributed by atoms with van der Waals surface area (Å²) in [6, 6.07) is 12.8. The van der Waals surface area contributed by atoms with Gasteiger partial charge in [-0.05, 0) is 66.4 Å². The van der Waals surface area contributed by atoms with Gasteiger partial charge in [0.05, 0.1) is 37.8 Å². The first-order valence-corrected chi connectivity index (χ1v) is 19.8. The first-order valence-electron chi connectivity index (χ1n) is 16.6. The van der Waals surface area contributed by atoms with E-state index < -0.39 is 9.84 Å². The van der Waals surface area contributed by atoms with E-state index in [2.05, 4.69) is 17.3 Å². The van der Waals surface area contributed by atoms with Gasteiger partial charge in [0.2, 0.25) is 0 Å². The highest BCUT2D eigenvalue weighted by Crippen LogP contribution is 2.40. The van der Waals surface area contributed by atoms with Gasteiger partial charge < -0.3 is 5.11 Å². The van der Waals surface area contributed by atoms with Crippen LogP contribution in [0.3, 0.4) is 0 Å². The molecule has 0 radical (unpaired) electrons. The minimum absolute atomic E-state index is 0.0101. The van der Waals surface area contributed by atoms with E-state index in [1.165, 1.54) is 73.9 Å². The summed E-state index contributed by atoms with van der Waals surface area (Å²) >= 11 is 25.3. The third-order valence-corrected chi connectivity index (χ3v) is 11.5. The van der Waals surface area contributed by atoms with Gasteiger partial charge in [-0.15, -0.1) is 0 Å². The van der Waals surface area contributed by atoms with Crippen molar-refractivity contribution in [2.75, 3.05) is 10.8 Å². The van der Waals surface area contributed by atoms with Gasteiger partial charge in [-0.25, -0.2) is 18.4 Å². The standard InChI is InChI=1S/C36H43Cl4N3O4S/c1-3-5-6-7-8-9-10-11-12-13-18-48(46,47)33-17-15-26(44)22-28(33)27(4-2)24-14-16-29(38)32(19-24)41-34-23-35(45)43(42-34)36-30(39)20-25(37)21-31(36)40/h14-17,19-22,27,44H,3-13,18,23H2,1-2H3,(H,41,42). The summed E-state index contributed by atoms with van der Waals surface area (Å²) in [5, 5.41) is 12.7. The Hall–Kier alpha value is -2.49. The molecule has 1 unspecified atom stereocenters. The number of sulfone groups is 1. The number of halogens is 4. The molecule has 7 nitrogen and oxygen atoms in total. The van der Waals surface area contributed by atoms with Gasteiger partial charge >= 0.3 is 0 Å². The molecule has 12 heteroatoms. The first-order chi connectivity index (χ1) is 22.9. The van der Waals surface area contributed by atoms with Crippen LogP contribution in [0.25, 0.3) is 0 Å². The fourth-order valence-electron chi connectivity index (χ4n) is 6.04. The number of anilines is 1. The number of carbonyl (C=O) groups excluding carboxylic acids is 1. The molecule has 0 bridgehead atoms. The van der Waals surface area contributed by atoms with Crippen LogP contribution in [0, 0.1) is 0 Å². The van der Waals surface area contributed by atoms with Gasteiger partial charge in [-0.3, -0.25) is 10.2 Å². The predicted molar refractivity (Wildman–Crippen MR) is 199 cm³/mol. The molecule has 3 aromatic carbocycles. The maximum absolute atomic E-state index is 13.7. The number of hydrogen-bond acceptors (Lipinski definition) is 5. The van der Waals surface area contributed by atoms with Crippen molar-refractivity contribution in [1.82, 2.24) is 5.43 Å². The lowest BCUT2D eigenvalue weighted by atomic mass is 9.88. The zero-order valence-electron chi connectivity index (χ0n) is 27.4. The van der Waals surface area contributed by atoms with Gasteiger partial charge in [0.1, 0.15) is 17.3 Å². The number of phenolic OH excluding ortho intramolecular Hbond substituents is 1. The average Bonchev–Trinajstić information content (AvgIpc) is 3.38. The number of phenols is 1. The Bertz CT molecular complexity index is 1710. The van der Waals surface area contributed by atoms with Crippen LogP contribution in [0.1, 0.15) is 108 Å². The number of nitrogens with one attached hydrogen (secondary N) is 1. The molecule has 1 amide bonds. The predicted octanol–water partition coefficient (Wildman–Crippen LogP) is 11.2. The number of nitrogens with zero attached hydrogens (tertiary/aromatic N) is 2. The molecule has 0 aromatic heterocycles. The second-order valence-corrected chi connectivity index (χ2v) is 15.9. The third kappa shape index (κ3) is 10.0. The van der Waals surface area contributed by atoms with Crippen LogP contribution in [0.15, 0.2) is 58.4 Å². The van der Waals surface area contributed by atoms with Crippen molar-refractivity contribution in [1.29, 1.82) is 0 Å². The molecule has 2 N–H and O–H groups in total. The monoisotopic (exact) mass is 753 g/mol. The summed E-state index contributed by atoms with van der Waals surface area (Å²) < 4.78 is 27.3. The number of amidine groups is 1. The van der Waals surface area contributed by atoms with Crippen molar-refractivity contribution >= 4 is 79.4 Å². The van der Waals surface area contributed by atoms with Gasteiger partial charge in [0.25, 0.3) is 5.91 Å². The Labute approximate surface area is 304 Å². The number of rotatable bonds is 17. The molecule has 260 valence electrons. The minimum Gasteiger partial charge on any atom is -0.508 e. The summed E-state index contributed by atoms with van der Waals surface area (Å²) in [7, 11) is -3.61. The summed E-state index contributed by atoms with van der Waals surface area (Å²) in [5.74, 6) is -0.326. The van der Waals surface area contributed by atoms with E-state index in [1.54, 1.807) is 12.1 Å². The number of aromatic hydroxyl groups is 1. The largest absolute Gasteiger partial charge is 0.508 e. The molecule has 1 fully saturated rings. The Morgan fingerprint density at radius 1 is 0.833 bits per heavy atom. The van der Waals surface area contributed by atoms with E-state index in [0.717, 1.165) is 24.8 Å². The van der Waals surface area contributed by atoms with E-state index in [4.69, 9.17) is 46.4 Å². The van der Waals surface area contributed by atoms with Crippen LogP contribution >= 0.6 is 46.4 Å². The maximum atomic E-state index is 13.7. The van der Waals surface area contributed by atoms with Crippen LogP contribution in [-0.4, -0.2) is 31.0 Å².